The van der Waals surface area contributed by atoms with Gasteiger partial charge < -0.3 is 10.1 Å². The summed E-state index contributed by atoms with van der Waals surface area (Å²) in [6.07, 6.45) is 3.54. The van der Waals surface area contributed by atoms with Crippen LogP contribution in [0.15, 0.2) is 72.8 Å². The first-order valence-electron chi connectivity index (χ1n) is 8.33. The molecule has 0 saturated carbocycles. The molecule has 0 radical (unpaired) electrons. The predicted octanol–water partition coefficient (Wildman–Crippen LogP) is 5.09. The Kier molecular flexibility index (Phi) is 5.47. The van der Waals surface area contributed by atoms with Crippen molar-refractivity contribution in [2.24, 2.45) is 0 Å². The molecule has 1 amide bonds. The van der Waals surface area contributed by atoms with Gasteiger partial charge in [0.1, 0.15) is 6.61 Å². The number of amides is 1. The summed E-state index contributed by atoms with van der Waals surface area (Å²) in [5.41, 5.74) is 3.37. The number of ether oxygens (including phenoxy) is 1. The fourth-order valence-electron chi connectivity index (χ4n) is 2.72. The number of hydrogen-bond donors (Lipinski definition) is 1. The number of rotatable bonds is 5. The van der Waals surface area contributed by atoms with Crippen LogP contribution in [0.5, 0.6) is 0 Å². The monoisotopic (exact) mass is 331 g/mol. The fourth-order valence-corrected chi connectivity index (χ4v) is 2.72. The van der Waals surface area contributed by atoms with Gasteiger partial charge in [0.05, 0.1) is 0 Å². The number of fused-ring (bicyclic) bond motifs is 1. The van der Waals surface area contributed by atoms with E-state index in [1.54, 1.807) is 0 Å². The standard InChI is InChI=1S/C22H21NO2/c1-17-13-14-19(21-12-6-5-11-20(17)21)10-7-15-23-22(24)25-16-18-8-3-2-4-9-18/h2-14H,15-16H2,1H3,(H,23,24). The van der Waals surface area contributed by atoms with Crippen LogP contribution in [0.3, 0.4) is 0 Å². The second kappa shape index (κ2) is 8.15. The summed E-state index contributed by atoms with van der Waals surface area (Å²) in [7, 11) is 0. The summed E-state index contributed by atoms with van der Waals surface area (Å²) in [4.78, 5) is 11.7. The van der Waals surface area contributed by atoms with E-state index in [1.165, 1.54) is 16.3 Å². The second-order valence-electron chi connectivity index (χ2n) is 5.86. The maximum absolute atomic E-state index is 11.7. The van der Waals surface area contributed by atoms with E-state index >= 15 is 0 Å². The lowest BCUT2D eigenvalue weighted by atomic mass is 10.00. The second-order valence-corrected chi connectivity index (χ2v) is 5.86. The predicted molar refractivity (Wildman–Crippen MR) is 102 cm³/mol. The molecule has 3 nitrogen and oxygen atoms in total. The summed E-state index contributed by atoms with van der Waals surface area (Å²) in [6.45, 7) is 2.81. The Labute approximate surface area is 147 Å². The van der Waals surface area contributed by atoms with Gasteiger partial charge in [-0.15, -0.1) is 0 Å². The van der Waals surface area contributed by atoms with Gasteiger partial charge in [0.2, 0.25) is 0 Å². The minimum absolute atomic E-state index is 0.277. The van der Waals surface area contributed by atoms with E-state index in [0.29, 0.717) is 6.54 Å². The van der Waals surface area contributed by atoms with Gasteiger partial charge in [-0.25, -0.2) is 4.79 Å². The van der Waals surface area contributed by atoms with Crippen LogP contribution in [-0.4, -0.2) is 12.6 Å². The molecular formula is C22H21NO2. The van der Waals surface area contributed by atoms with Crippen LogP contribution in [0.4, 0.5) is 4.79 Å². The van der Waals surface area contributed by atoms with Crippen LogP contribution >= 0.6 is 0 Å². The van der Waals surface area contributed by atoms with Crippen LogP contribution in [-0.2, 0) is 11.3 Å². The maximum Gasteiger partial charge on any atom is 0.407 e. The Balaban J connectivity index is 1.54. The lowest BCUT2D eigenvalue weighted by Gasteiger charge is -2.06. The number of carbonyl (C=O) groups excluding carboxylic acids is 1. The lowest BCUT2D eigenvalue weighted by molar-refractivity contribution is 0.141. The molecule has 0 heterocycles. The Bertz CT molecular complexity index is 885. The molecule has 0 aliphatic heterocycles. The topological polar surface area (TPSA) is 38.3 Å². The summed E-state index contributed by atoms with van der Waals surface area (Å²) < 4.78 is 5.18. The van der Waals surface area contributed by atoms with E-state index in [0.717, 1.165) is 11.1 Å². The molecule has 3 rings (SSSR count). The molecular weight excluding hydrogens is 310 g/mol. The van der Waals surface area contributed by atoms with Gasteiger partial charge in [0, 0.05) is 6.54 Å². The summed E-state index contributed by atoms with van der Waals surface area (Å²) in [5.74, 6) is 0. The summed E-state index contributed by atoms with van der Waals surface area (Å²) in [6, 6.07) is 22.2. The van der Waals surface area contributed by atoms with Crippen molar-refractivity contribution in [2.45, 2.75) is 13.5 Å². The van der Waals surface area contributed by atoms with E-state index in [-0.39, 0.29) is 6.61 Å². The van der Waals surface area contributed by atoms with Gasteiger partial charge in [-0.2, -0.15) is 0 Å². The Morgan fingerprint density at radius 1 is 0.960 bits per heavy atom. The Hall–Kier alpha value is -3.07. The smallest absolute Gasteiger partial charge is 0.407 e. The number of carbonyl (C=O) groups is 1. The third-order valence-corrected chi connectivity index (χ3v) is 4.05. The molecule has 0 spiro atoms. The Morgan fingerprint density at radius 3 is 2.48 bits per heavy atom. The van der Waals surface area contributed by atoms with Crippen molar-refractivity contribution in [2.75, 3.05) is 6.54 Å². The minimum atomic E-state index is -0.415. The van der Waals surface area contributed by atoms with E-state index < -0.39 is 6.09 Å². The molecule has 0 saturated heterocycles. The first-order chi connectivity index (χ1) is 12.2. The fraction of sp³-hybridized carbons (Fsp3) is 0.136. The van der Waals surface area contributed by atoms with E-state index in [9.17, 15) is 4.79 Å². The van der Waals surface area contributed by atoms with E-state index in [2.05, 4.69) is 36.5 Å². The van der Waals surface area contributed by atoms with Gasteiger partial charge >= 0.3 is 6.09 Å². The molecule has 0 fully saturated rings. The van der Waals surface area contributed by atoms with Crippen LogP contribution in [0.25, 0.3) is 16.8 Å². The zero-order chi connectivity index (χ0) is 17.5. The highest BCUT2D eigenvalue weighted by Gasteiger charge is 2.02. The van der Waals surface area contributed by atoms with Crippen molar-refractivity contribution in [3.8, 4) is 0 Å². The molecule has 1 N–H and O–H groups in total. The molecule has 3 heteroatoms. The largest absolute Gasteiger partial charge is 0.445 e. The molecule has 0 aromatic heterocycles. The van der Waals surface area contributed by atoms with Gasteiger partial charge in [0.15, 0.2) is 0 Å². The van der Waals surface area contributed by atoms with Crippen molar-refractivity contribution >= 4 is 22.9 Å². The highest BCUT2D eigenvalue weighted by atomic mass is 16.5. The van der Waals surface area contributed by atoms with Crippen LogP contribution in [0.1, 0.15) is 16.7 Å². The normalized spacial score (nSPS) is 10.9. The highest BCUT2D eigenvalue weighted by molar-refractivity contribution is 5.92. The number of hydrogen-bond acceptors (Lipinski definition) is 2. The van der Waals surface area contributed by atoms with Crippen molar-refractivity contribution in [1.82, 2.24) is 5.32 Å². The zero-order valence-corrected chi connectivity index (χ0v) is 14.2. The molecule has 126 valence electrons. The SMILES string of the molecule is Cc1ccc(C=CCNC(=O)OCc2ccccc2)c2ccccc12. The summed E-state index contributed by atoms with van der Waals surface area (Å²) in [5, 5.41) is 5.20. The molecule has 0 aliphatic rings. The van der Waals surface area contributed by atoms with Gasteiger partial charge in [0.25, 0.3) is 0 Å². The molecule has 3 aromatic carbocycles. The van der Waals surface area contributed by atoms with Crippen molar-refractivity contribution < 1.29 is 9.53 Å². The van der Waals surface area contributed by atoms with Crippen molar-refractivity contribution in [1.29, 1.82) is 0 Å². The molecule has 0 aliphatic carbocycles. The van der Waals surface area contributed by atoms with Crippen LogP contribution in [0.2, 0.25) is 0 Å². The molecule has 0 bridgehead atoms. The number of aryl methyl sites for hydroxylation is 1. The average Bonchev–Trinajstić information content (AvgIpc) is 2.66. The van der Waals surface area contributed by atoms with Crippen molar-refractivity contribution in [3.05, 3.63) is 89.5 Å². The first-order valence-corrected chi connectivity index (χ1v) is 8.33. The number of alkyl carbamates (subject to hydrolysis) is 1. The maximum atomic E-state index is 11.7. The number of nitrogens with one attached hydrogen (secondary N) is 1. The Morgan fingerprint density at radius 2 is 1.68 bits per heavy atom. The first kappa shape index (κ1) is 16.8. The molecule has 0 unspecified atom stereocenters. The van der Waals surface area contributed by atoms with Crippen molar-refractivity contribution in [3.63, 3.8) is 0 Å². The summed E-state index contributed by atoms with van der Waals surface area (Å²) >= 11 is 0. The average molecular weight is 331 g/mol. The third-order valence-electron chi connectivity index (χ3n) is 4.05. The van der Waals surface area contributed by atoms with Gasteiger partial charge in [-0.3, -0.25) is 0 Å². The molecule has 3 aromatic rings. The van der Waals surface area contributed by atoms with Crippen LogP contribution in [0, 0.1) is 6.92 Å². The molecule has 25 heavy (non-hydrogen) atoms. The van der Waals surface area contributed by atoms with Crippen LogP contribution < -0.4 is 5.32 Å². The van der Waals surface area contributed by atoms with E-state index in [4.69, 9.17) is 4.74 Å². The van der Waals surface area contributed by atoms with Gasteiger partial charge in [-0.05, 0) is 34.4 Å². The quantitative estimate of drug-likeness (QED) is 0.707. The number of benzene rings is 3. The highest BCUT2D eigenvalue weighted by Crippen LogP contribution is 2.23. The molecule has 0 atom stereocenters. The van der Waals surface area contributed by atoms with E-state index in [1.807, 2.05) is 54.6 Å². The zero-order valence-electron chi connectivity index (χ0n) is 14.2. The third kappa shape index (κ3) is 4.48. The lowest BCUT2D eigenvalue weighted by Crippen LogP contribution is -2.24. The van der Waals surface area contributed by atoms with Gasteiger partial charge in [-0.1, -0.05) is 78.9 Å². The minimum Gasteiger partial charge on any atom is -0.445 e.